The van der Waals surface area contributed by atoms with Crippen LogP contribution in [0.4, 0.5) is 4.39 Å². The van der Waals surface area contributed by atoms with Crippen molar-refractivity contribution >= 4 is 0 Å². The zero-order valence-electron chi connectivity index (χ0n) is 11.6. The van der Waals surface area contributed by atoms with Gasteiger partial charge < -0.3 is 10.5 Å². The third-order valence-electron chi connectivity index (χ3n) is 3.08. The van der Waals surface area contributed by atoms with Gasteiger partial charge in [-0.3, -0.25) is 0 Å². The van der Waals surface area contributed by atoms with Crippen molar-refractivity contribution in [2.75, 3.05) is 0 Å². The van der Waals surface area contributed by atoms with Gasteiger partial charge in [0.05, 0.1) is 0 Å². The Morgan fingerprint density at radius 3 is 2.80 bits per heavy atom. The molecule has 1 heterocycles. The summed E-state index contributed by atoms with van der Waals surface area (Å²) in [5, 5.41) is 7.37. The number of rotatable bonds is 6. The predicted octanol–water partition coefficient (Wildman–Crippen LogP) is 2.38. The van der Waals surface area contributed by atoms with Gasteiger partial charge in [-0.05, 0) is 37.5 Å². The maximum Gasteiger partial charge on any atom is 0.145 e. The summed E-state index contributed by atoms with van der Waals surface area (Å²) in [4.78, 5) is 0. The molecule has 1 atom stereocenters. The average molecular weight is 279 g/mol. The summed E-state index contributed by atoms with van der Waals surface area (Å²) in [6.45, 7) is 3.96. The predicted molar refractivity (Wildman–Crippen MR) is 71.7 cm³/mol. The van der Waals surface area contributed by atoms with Crippen molar-refractivity contribution in [1.82, 2.24) is 10.3 Å². The molecule has 2 aromatic rings. The first-order valence-electron chi connectivity index (χ1n) is 6.54. The molecule has 20 heavy (non-hydrogen) atoms. The van der Waals surface area contributed by atoms with Crippen molar-refractivity contribution in [3.8, 4) is 5.75 Å². The fourth-order valence-corrected chi connectivity index (χ4v) is 1.80. The highest BCUT2D eigenvalue weighted by Crippen LogP contribution is 2.19. The maximum absolute atomic E-state index is 13.6. The Labute approximate surface area is 116 Å². The van der Waals surface area contributed by atoms with Crippen LogP contribution in [0.5, 0.6) is 5.75 Å². The van der Waals surface area contributed by atoms with Crippen molar-refractivity contribution in [3.63, 3.8) is 0 Å². The van der Waals surface area contributed by atoms with Gasteiger partial charge in [-0.15, -0.1) is 0 Å². The number of aryl methyl sites for hydroxylation is 1. The molecule has 0 aliphatic rings. The van der Waals surface area contributed by atoms with Gasteiger partial charge in [0.1, 0.15) is 29.6 Å². The minimum Gasteiger partial charge on any atom is -0.487 e. The van der Waals surface area contributed by atoms with Crippen molar-refractivity contribution in [3.05, 3.63) is 41.0 Å². The van der Waals surface area contributed by atoms with Gasteiger partial charge in [0.2, 0.25) is 0 Å². The molecule has 0 saturated carbocycles. The van der Waals surface area contributed by atoms with E-state index >= 15 is 0 Å². The molecule has 5 nitrogen and oxygen atoms in total. The van der Waals surface area contributed by atoms with E-state index in [9.17, 15) is 4.39 Å². The lowest BCUT2D eigenvalue weighted by molar-refractivity contribution is 0.269. The Bertz CT molecular complexity index is 571. The van der Waals surface area contributed by atoms with E-state index in [0.717, 1.165) is 12.0 Å². The van der Waals surface area contributed by atoms with Crippen LogP contribution in [0.2, 0.25) is 0 Å². The molecule has 1 unspecified atom stereocenters. The smallest absolute Gasteiger partial charge is 0.145 e. The summed E-state index contributed by atoms with van der Waals surface area (Å²) in [6.07, 6.45) is 1.46. The van der Waals surface area contributed by atoms with Crippen molar-refractivity contribution in [1.29, 1.82) is 0 Å². The number of aromatic nitrogens is 2. The maximum atomic E-state index is 13.6. The minimum absolute atomic E-state index is 0.0200. The average Bonchev–Trinajstić information content (AvgIpc) is 2.81. The number of halogens is 1. The number of ether oxygens (including phenoxy) is 1. The highest BCUT2D eigenvalue weighted by atomic mass is 19.1. The highest BCUT2D eigenvalue weighted by Gasteiger charge is 2.09. The van der Waals surface area contributed by atoms with Crippen LogP contribution in [0.25, 0.3) is 0 Å². The largest absolute Gasteiger partial charge is 0.487 e. The highest BCUT2D eigenvalue weighted by molar-refractivity contribution is 5.30. The minimum atomic E-state index is -0.337. The Morgan fingerprint density at radius 2 is 2.15 bits per heavy atom. The Hall–Kier alpha value is -1.95. The number of benzene rings is 1. The molecular weight excluding hydrogens is 261 g/mol. The molecule has 108 valence electrons. The molecule has 0 aliphatic heterocycles. The molecule has 0 aliphatic carbocycles. The first-order chi connectivity index (χ1) is 9.58. The van der Waals surface area contributed by atoms with Crippen LogP contribution < -0.4 is 10.5 Å². The van der Waals surface area contributed by atoms with Crippen LogP contribution in [0, 0.1) is 12.7 Å². The van der Waals surface area contributed by atoms with Gasteiger partial charge in [-0.2, -0.15) is 0 Å². The van der Waals surface area contributed by atoms with Crippen LogP contribution in [-0.2, 0) is 13.0 Å². The summed E-state index contributed by atoms with van der Waals surface area (Å²) in [5.41, 5.74) is 7.97. The molecule has 1 aromatic carbocycles. The number of nitrogens with two attached hydrogens (primary N) is 1. The van der Waals surface area contributed by atoms with Gasteiger partial charge in [-0.1, -0.05) is 17.2 Å². The first kappa shape index (κ1) is 14.5. The van der Waals surface area contributed by atoms with E-state index in [1.54, 1.807) is 13.0 Å². The SMILES string of the molecule is CCC(N)Cc1cc(F)cc(OCc2nonc2C)c1. The third-order valence-corrected chi connectivity index (χ3v) is 3.08. The standard InChI is InChI=1S/C14H18FN3O2/c1-3-12(16)5-10-4-11(15)7-13(6-10)19-8-14-9(2)17-20-18-14/h4,6-7,12H,3,5,8,16H2,1-2H3. The molecule has 0 saturated heterocycles. The third kappa shape index (κ3) is 3.77. The van der Waals surface area contributed by atoms with E-state index in [1.807, 2.05) is 6.92 Å². The normalized spacial score (nSPS) is 12.4. The lowest BCUT2D eigenvalue weighted by atomic mass is 10.0. The van der Waals surface area contributed by atoms with Crippen LogP contribution in [-0.4, -0.2) is 16.4 Å². The van der Waals surface area contributed by atoms with Gasteiger partial charge in [0.15, 0.2) is 0 Å². The van der Waals surface area contributed by atoms with Gasteiger partial charge in [0, 0.05) is 12.1 Å². The monoisotopic (exact) mass is 279 g/mol. The fraction of sp³-hybridized carbons (Fsp3) is 0.429. The molecule has 0 fully saturated rings. The van der Waals surface area contributed by atoms with Gasteiger partial charge >= 0.3 is 0 Å². The molecular formula is C14H18FN3O2. The Kier molecular flexibility index (Phi) is 4.68. The second-order valence-corrected chi connectivity index (χ2v) is 4.75. The first-order valence-corrected chi connectivity index (χ1v) is 6.54. The fourth-order valence-electron chi connectivity index (χ4n) is 1.80. The van der Waals surface area contributed by atoms with Crippen molar-refractivity contribution in [2.24, 2.45) is 5.73 Å². The molecule has 0 bridgehead atoms. The van der Waals surface area contributed by atoms with Crippen molar-refractivity contribution in [2.45, 2.75) is 39.3 Å². The van der Waals surface area contributed by atoms with E-state index in [2.05, 4.69) is 14.9 Å². The van der Waals surface area contributed by atoms with Gasteiger partial charge in [0.25, 0.3) is 0 Å². The topological polar surface area (TPSA) is 74.2 Å². The molecule has 6 heteroatoms. The van der Waals surface area contributed by atoms with E-state index in [0.29, 0.717) is 23.6 Å². The van der Waals surface area contributed by atoms with E-state index in [1.165, 1.54) is 12.1 Å². The van der Waals surface area contributed by atoms with Gasteiger partial charge in [-0.25, -0.2) is 9.02 Å². The van der Waals surface area contributed by atoms with Crippen LogP contribution in [0.15, 0.2) is 22.8 Å². The molecule has 0 spiro atoms. The van der Waals surface area contributed by atoms with E-state index in [4.69, 9.17) is 10.5 Å². The summed E-state index contributed by atoms with van der Waals surface area (Å²) in [5.74, 6) is 0.113. The molecule has 2 rings (SSSR count). The lowest BCUT2D eigenvalue weighted by Crippen LogP contribution is -2.21. The Morgan fingerprint density at radius 1 is 1.35 bits per heavy atom. The zero-order valence-corrected chi connectivity index (χ0v) is 11.6. The summed E-state index contributed by atoms with van der Waals surface area (Å²) < 4.78 is 23.7. The number of hydrogen-bond acceptors (Lipinski definition) is 5. The second-order valence-electron chi connectivity index (χ2n) is 4.75. The quantitative estimate of drug-likeness (QED) is 0.878. The lowest BCUT2D eigenvalue weighted by Gasteiger charge is -2.11. The van der Waals surface area contributed by atoms with E-state index < -0.39 is 0 Å². The summed E-state index contributed by atoms with van der Waals surface area (Å²) >= 11 is 0. The Balaban J connectivity index is 2.06. The summed E-state index contributed by atoms with van der Waals surface area (Å²) in [6, 6.07) is 4.63. The van der Waals surface area contributed by atoms with Crippen LogP contribution in [0.1, 0.15) is 30.3 Å². The van der Waals surface area contributed by atoms with E-state index in [-0.39, 0.29) is 18.5 Å². The zero-order chi connectivity index (χ0) is 14.5. The number of hydrogen-bond donors (Lipinski definition) is 1. The van der Waals surface area contributed by atoms with Crippen LogP contribution >= 0.6 is 0 Å². The molecule has 0 radical (unpaired) electrons. The molecule has 2 N–H and O–H groups in total. The molecule has 0 amide bonds. The number of nitrogens with zero attached hydrogens (tertiary/aromatic N) is 2. The van der Waals surface area contributed by atoms with Crippen molar-refractivity contribution < 1.29 is 13.8 Å². The van der Waals surface area contributed by atoms with Crippen LogP contribution in [0.3, 0.4) is 0 Å². The second kappa shape index (κ2) is 6.47. The summed E-state index contributed by atoms with van der Waals surface area (Å²) in [7, 11) is 0. The molecule has 1 aromatic heterocycles.